The van der Waals surface area contributed by atoms with Crippen LogP contribution in [0.15, 0.2) is 40.9 Å². The summed E-state index contributed by atoms with van der Waals surface area (Å²) in [5.74, 6) is 0.856. The summed E-state index contributed by atoms with van der Waals surface area (Å²) in [6.07, 6.45) is 0. The molecule has 3 nitrogen and oxygen atoms in total. The Morgan fingerprint density at radius 1 is 1.11 bits per heavy atom. The Kier molecular flexibility index (Phi) is 3.77. The molecule has 2 rings (SSSR count). The average Bonchev–Trinajstić information content (AvgIpc) is 2.34. The van der Waals surface area contributed by atoms with Crippen molar-refractivity contribution < 1.29 is 4.74 Å². The van der Waals surface area contributed by atoms with E-state index in [1.54, 1.807) is 7.11 Å². The van der Waals surface area contributed by atoms with Crippen molar-refractivity contribution in [2.45, 2.75) is 6.92 Å². The molecule has 2 aromatic rings. The summed E-state index contributed by atoms with van der Waals surface area (Å²) >= 11 is 3.49. The molecule has 94 valence electrons. The van der Waals surface area contributed by atoms with Gasteiger partial charge in [0, 0.05) is 15.8 Å². The number of nitrogens with two attached hydrogens (primary N) is 1. The maximum atomic E-state index is 5.71. The van der Waals surface area contributed by atoms with E-state index >= 15 is 0 Å². The quantitative estimate of drug-likeness (QED) is 0.840. The molecule has 0 saturated carbocycles. The van der Waals surface area contributed by atoms with E-state index in [1.165, 1.54) is 0 Å². The summed E-state index contributed by atoms with van der Waals surface area (Å²) in [5.41, 5.74) is 9.60. The highest BCUT2D eigenvalue weighted by atomic mass is 79.9. The van der Waals surface area contributed by atoms with E-state index in [2.05, 4.69) is 21.2 Å². The molecule has 0 aliphatic carbocycles. The number of hydrogen-bond acceptors (Lipinski definition) is 3. The van der Waals surface area contributed by atoms with Gasteiger partial charge in [-0.25, -0.2) is 0 Å². The Labute approximate surface area is 115 Å². The van der Waals surface area contributed by atoms with Gasteiger partial charge in [-0.15, -0.1) is 0 Å². The van der Waals surface area contributed by atoms with Gasteiger partial charge >= 0.3 is 0 Å². The van der Waals surface area contributed by atoms with E-state index in [1.807, 2.05) is 43.3 Å². The fraction of sp³-hybridized carbons (Fsp3) is 0.143. The van der Waals surface area contributed by atoms with Gasteiger partial charge in [-0.3, -0.25) is 0 Å². The number of halogens is 1. The molecule has 0 saturated heterocycles. The third-order valence-electron chi connectivity index (χ3n) is 2.70. The van der Waals surface area contributed by atoms with Crippen LogP contribution < -0.4 is 15.8 Å². The van der Waals surface area contributed by atoms with Crippen molar-refractivity contribution in [2.75, 3.05) is 18.2 Å². The van der Waals surface area contributed by atoms with Gasteiger partial charge in [0.05, 0.1) is 12.8 Å². The number of anilines is 3. The van der Waals surface area contributed by atoms with Gasteiger partial charge in [-0.05, 0) is 64.8 Å². The second kappa shape index (κ2) is 5.31. The number of ether oxygens (including phenoxy) is 1. The van der Waals surface area contributed by atoms with E-state index < -0.39 is 0 Å². The number of methoxy groups -OCH3 is 1. The minimum atomic E-state index is 0.735. The lowest BCUT2D eigenvalue weighted by Gasteiger charge is -2.12. The fourth-order valence-corrected chi connectivity index (χ4v) is 2.18. The lowest BCUT2D eigenvalue weighted by atomic mass is 10.2. The van der Waals surface area contributed by atoms with Crippen molar-refractivity contribution in [1.29, 1.82) is 0 Å². The first kappa shape index (κ1) is 12.8. The maximum absolute atomic E-state index is 5.71. The minimum Gasteiger partial charge on any atom is -0.497 e. The second-order valence-corrected chi connectivity index (χ2v) is 4.90. The van der Waals surface area contributed by atoms with E-state index in [9.17, 15) is 0 Å². The maximum Gasteiger partial charge on any atom is 0.119 e. The first-order chi connectivity index (χ1) is 8.60. The van der Waals surface area contributed by atoms with Crippen molar-refractivity contribution in [3.63, 3.8) is 0 Å². The third kappa shape index (κ3) is 2.76. The molecule has 4 heteroatoms. The molecule has 0 bridgehead atoms. The van der Waals surface area contributed by atoms with Gasteiger partial charge in [0.25, 0.3) is 0 Å². The van der Waals surface area contributed by atoms with Crippen LogP contribution in [0.3, 0.4) is 0 Å². The molecule has 3 N–H and O–H groups in total. The molecule has 0 radical (unpaired) electrons. The number of benzene rings is 2. The topological polar surface area (TPSA) is 47.3 Å². The molecule has 0 atom stereocenters. The molecule has 0 unspecified atom stereocenters. The van der Waals surface area contributed by atoms with Crippen LogP contribution in [0.25, 0.3) is 0 Å². The molecular weight excluding hydrogens is 292 g/mol. The number of nitrogens with one attached hydrogen (secondary N) is 1. The molecule has 0 spiro atoms. The molecule has 0 heterocycles. The van der Waals surface area contributed by atoms with Crippen LogP contribution in [0.1, 0.15) is 5.56 Å². The summed E-state index contributed by atoms with van der Waals surface area (Å²) < 4.78 is 6.13. The fourth-order valence-electron chi connectivity index (χ4n) is 1.68. The minimum absolute atomic E-state index is 0.735. The molecule has 0 fully saturated rings. The number of hydrogen-bond donors (Lipinski definition) is 2. The summed E-state index contributed by atoms with van der Waals surface area (Å²) in [5, 5.41) is 3.36. The molecule has 0 aliphatic rings. The van der Waals surface area contributed by atoms with Crippen molar-refractivity contribution in [1.82, 2.24) is 0 Å². The van der Waals surface area contributed by atoms with E-state index in [0.29, 0.717) is 0 Å². The Balaban J connectivity index is 2.28. The molecule has 0 aromatic heterocycles. The Morgan fingerprint density at radius 3 is 2.44 bits per heavy atom. The highest BCUT2D eigenvalue weighted by Crippen LogP contribution is 2.30. The lowest BCUT2D eigenvalue weighted by molar-refractivity contribution is 0.414. The van der Waals surface area contributed by atoms with Gasteiger partial charge in [0.15, 0.2) is 0 Å². The van der Waals surface area contributed by atoms with Crippen LogP contribution in [0.2, 0.25) is 0 Å². The zero-order chi connectivity index (χ0) is 13.1. The van der Waals surface area contributed by atoms with E-state index in [-0.39, 0.29) is 0 Å². The molecule has 0 amide bonds. The first-order valence-corrected chi connectivity index (χ1v) is 6.36. The van der Waals surface area contributed by atoms with Crippen LogP contribution in [-0.2, 0) is 0 Å². The zero-order valence-electron chi connectivity index (χ0n) is 10.3. The largest absolute Gasteiger partial charge is 0.497 e. The van der Waals surface area contributed by atoms with Crippen LogP contribution >= 0.6 is 15.9 Å². The number of aryl methyl sites for hydroxylation is 1. The van der Waals surface area contributed by atoms with E-state index in [4.69, 9.17) is 10.5 Å². The smallest absolute Gasteiger partial charge is 0.119 e. The standard InChI is InChI=1S/C14H15BrN2O/c1-9-7-11(18-2)4-6-13(9)17-14-5-3-10(16)8-12(14)15/h3-8,17H,16H2,1-2H3. The Hall–Kier alpha value is -1.68. The highest BCUT2D eigenvalue weighted by Gasteiger charge is 2.04. The summed E-state index contributed by atoms with van der Waals surface area (Å²) in [6.45, 7) is 2.04. The monoisotopic (exact) mass is 306 g/mol. The second-order valence-electron chi connectivity index (χ2n) is 4.05. The summed E-state index contributed by atoms with van der Waals surface area (Å²) in [6, 6.07) is 11.6. The lowest BCUT2D eigenvalue weighted by Crippen LogP contribution is -1.95. The van der Waals surface area contributed by atoms with Gasteiger partial charge in [0.2, 0.25) is 0 Å². The molecule has 0 aliphatic heterocycles. The zero-order valence-corrected chi connectivity index (χ0v) is 11.9. The Bertz CT molecular complexity index is 570. The summed E-state index contributed by atoms with van der Waals surface area (Å²) in [7, 11) is 1.67. The van der Waals surface area contributed by atoms with E-state index in [0.717, 1.165) is 32.8 Å². The van der Waals surface area contributed by atoms with Crippen molar-refractivity contribution in [3.05, 3.63) is 46.4 Å². The van der Waals surface area contributed by atoms with Crippen molar-refractivity contribution >= 4 is 33.0 Å². The predicted octanol–water partition coefficient (Wildman–Crippen LogP) is 4.09. The first-order valence-electron chi connectivity index (χ1n) is 5.57. The third-order valence-corrected chi connectivity index (χ3v) is 3.35. The Morgan fingerprint density at radius 2 is 1.83 bits per heavy atom. The van der Waals surface area contributed by atoms with Crippen LogP contribution in [-0.4, -0.2) is 7.11 Å². The molecular formula is C14H15BrN2O. The van der Waals surface area contributed by atoms with Gasteiger partial charge in [-0.2, -0.15) is 0 Å². The van der Waals surface area contributed by atoms with Crippen molar-refractivity contribution in [3.8, 4) is 5.75 Å². The van der Waals surface area contributed by atoms with Gasteiger partial charge < -0.3 is 15.8 Å². The van der Waals surface area contributed by atoms with Crippen LogP contribution in [0, 0.1) is 6.92 Å². The molecule has 18 heavy (non-hydrogen) atoms. The van der Waals surface area contributed by atoms with Crippen LogP contribution in [0.4, 0.5) is 17.1 Å². The van der Waals surface area contributed by atoms with Crippen molar-refractivity contribution in [2.24, 2.45) is 0 Å². The van der Waals surface area contributed by atoms with Gasteiger partial charge in [0.1, 0.15) is 5.75 Å². The highest BCUT2D eigenvalue weighted by molar-refractivity contribution is 9.10. The average molecular weight is 307 g/mol. The molecule has 2 aromatic carbocycles. The number of nitrogen functional groups attached to an aromatic ring is 1. The summed E-state index contributed by atoms with van der Waals surface area (Å²) in [4.78, 5) is 0. The SMILES string of the molecule is COc1ccc(Nc2ccc(N)cc2Br)c(C)c1. The van der Waals surface area contributed by atoms with Gasteiger partial charge in [-0.1, -0.05) is 0 Å². The predicted molar refractivity (Wildman–Crippen MR) is 79.6 cm³/mol. The van der Waals surface area contributed by atoms with Crippen LogP contribution in [0.5, 0.6) is 5.75 Å². The normalized spacial score (nSPS) is 10.2. The number of rotatable bonds is 3.